The van der Waals surface area contributed by atoms with Gasteiger partial charge in [-0.15, -0.1) is 12.4 Å². The molecule has 149 heavy (non-hydrogen) atoms. The van der Waals surface area contributed by atoms with Gasteiger partial charge in [-0.2, -0.15) is 30.6 Å². The summed E-state index contributed by atoms with van der Waals surface area (Å²) in [4.78, 5) is 78.7. The fourth-order valence-corrected chi connectivity index (χ4v) is 17.0. The number of H-pyrrole nitrogens is 2. The number of ether oxygens (including phenoxy) is 5. The fourth-order valence-electron chi connectivity index (χ4n) is 13.1. The average molecular weight is 2120 g/mol. The van der Waals surface area contributed by atoms with Crippen LogP contribution in [0.5, 0.6) is 11.5 Å². The summed E-state index contributed by atoms with van der Waals surface area (Å²) in [5.74, 6) is -0.0569. The Bertz CT molecular complexity index is 6830. The largest absolute Gasteiger partial charge is 0.492 e. The van der Waals surface area contributed by atoms with E-state index in [1.54, 1.807) is 101 Å². The second-order valence-electron chi connectivity index (χ2n) is 31.0. The number of carboxylic acid groups (broad SMARTS) is 1. The maximum Gasteiger partial charge on any atom is 0.331 e. The molecule has 0 bridgehead atoms. The highest BCUT2D eigenvalue weighted by Gasteiger charge is 2.27. The molecule has 34 heteroatoms. The number of nitrogen functional groups attached to an aromatic ring is 2. The molecule has 6 heterocycles. The minimum absolute atomic E-state index is 0. The molecule has 2 amide bonds. The van der Waals surface area contributed by atoms with Crippen molar-refractivity contribution in [1.29, 1.82) is 0 Å². The zero-order valence-corrected chi connectivity index (χ0v) is 85.5. The van der Waals surface area contributed by atoms with Gasteiger partial charge in [0.1, 0.15) is 36.3 Å². The Balaban J connectivity index is 0.000000239. The SMILES string of the molecule is BrC/C=C/c1ccccc1.CCOC(=O)/C=C/c1cn[nH]c1.CCOC(=O)/C=C/c1cnn(CCOc2ccccc2)c1.CCOC(=O)C=P(c1ccccc1)(c1ccccc1)c1ccccc1.Cl.Nc1cc(F)ccc1NC(=O)/C=C/c1cnn(C/C=C/c2ccccc2)c1.Nc1cc(F)ccc1NC(=O)/C=C/c1cnn(CCCc2ccccc2)c1.O=C(O)/C=C/c1cnn(CCOc2ccccc2)c1.O=Cc1cn[nH]c1.[2H][2H]. The number of amides is 2. The smallest absolute Gasteiger partial charge is 0.331 e. The van der Waals surface area contributed by atoms with E-state index in [-0.39, 0.29) is 53.5 Å². The van der Waals surface area contributed by atoms with E-state index in [4.69, 9.17) is 38.5 Å². The number of carbonyl (C=O) groups is 7. The Kier molecular flexibility index (Phi) is 52.2. The van der Waals surface area contributed by atoms with Crippen LogP contribution < -0.4 is 47.5 Å². The molecule has 16 aromatic rings. The number of benzene rings is 10. The predicted octanol–water partition coefficient (Wildman–Crippen LogP) is 20.8. The van der Waals surface area contributed by atoms with Gasteiger partial charge in [-0.1, -0.05) is 259 Å². The van der Waals surface area contributed by atoms with Crippen molar-refractivity contribution in [3.63, 3.8) is 0 Å². The standard InChI is InChI=1S/C22H21O2P.C21H21FN4O.C21H19FN4O.C16H18N2O3.C14H14N2O3.C9H9Br.C8H10N2O2.C4H4N2O.ClH.H2/c1-2-24-22(23)18-25(19-12-6-3-7-13-19,20-14-8-4-9-15-20)21-16-10-5-11-17-21;2*22-18-9-10-20(19(23)13-18)25-21(27)11-8-17-14-24-26(15-17)12-4-7-16-5-2-1-3-6-16;1-2-20-16(19)9-8-14-12-17-18(13-14)10-11-21-15-6-4-3-5-7-15;17-14(18)7-6-12-10-15-16(11-12)8-9-19-13-4-2-1-3-5-13;10-8-4-7-9-5-2-1-3-6-9;1-2-12-8(11)4-3-7-5-9-10-6-7;7-3-4-1-5-6-2-4;;/h3-18H,2H2,1H3;1-3,5-6,8-11,13-15H,4,7,12,23H2,(H,25,27);1-11,13-15H,12,23H2,(H,25,27);3-9,12-13H,2,10-11H2,1H3;1-7,10-11H,8-9H2,(H,17,18);1-7H,8H2;3-6H,2H2,1H3,(H,9,10);1-3H,(H,5,6);2*1H/b;11-8+;7-4+,11-8+;9-8+;7-6+;7-4+;4-3+;;;/i;;;;;;;;;1+1D. The quantitative estimate of drug-likeness (QED) is 0.00362. The van der Waals surface area contributed by atoms with Crippen LogP contribution in [0.2, 0.25) is 0 Å². The third-order valence-electron chi connectivity index (χ3n) is 20.0. The number of aldehydes is 1. The second kappa shape index (κ2) is 67.7. The number of esters is 3. The molecule has 0 atom stereocenters. The first-order valence-corrected chi connectivity index (χ1v) is 49.8. The van der Waals surface area contributed by atoms with Gasteiger partial charge < -0.3 is 50.9 Å². The molecule has 0 aliphatic carbocycles. The Morgan fingerprint density at radius 2 is 0.779 bits per heavy atom. The first-order chi connectivity index (χ1) is 73.2. The maximum absolute atomic E-state index is 13.0. The van der Waals surface area contributed by atoms with Crippen LogP contribution in [0.15, 0.2) is 396 Å². The number of alkyl halides is 1. The van der Waals surface area contributed by atoms with Gasteiger partial charge in [0.25, 0.3) is 0 Å². The molecule has 0 unspecified atom stereocenters. The number of aryl methyl sites for hydroxylation is 2. The molecule has 0 spiro atoms. The number of aromatic nitrogens is 12. The number of anilines is 4. The lowest BCUT2D eigenvalue weighted by atomic mass is 10.1. The number of nitrogens with two attached hydrogens (primary N) is 2. The number of para-hydroxylation sites is 2. The van der Waals surface area contributed by atoms with Crippen LogP contribution in [0, 0.1) is 11.6 Å². The van der Waals surface area contributed by atoms with E-state index in [2.05, 4.69) is 145 Å². The summed E-state index contributed by atoms with van der Waals surface area (Å²) in [7, 11) is 0. The van der Waals surface area contributed by atoms with E-state index in [9.17, 15) is 42.3 Å². The topological polar surface area (TPSA) is 391 Å². The zero-order chi connectivity index (χ0) is 107. The van der Waals surface area contributed by atoms with Crippen molar-refractivity contribution >= 4 is 164 Å². The number of allylic oxidation sites excluding steroid dienone is 2. The van der Waals surface area contributed by atoms with Crippen LogP contribution >= 0.6 is 35.2 Å². The lowest BCUT2D eigenvalue weighted by Crippen LogP contribution is -2.29. The number of carboxylic acids is 1. The summed E-state index contributed by atoms with van der Waals surface area (Å²) >= 11 is 3.32. The molecule has 0 saturated heterocycles. The highest BCUT2D eigenvalue weighted by molar-refractivity contribution is 9.09. The van der Waals surface area contributed by atoms with Crippen LogP contribution in [0.4, 0.5) is 31.5 Å². The molecule has 0 saturated carbocycles. The lowest BCUT2D eigenvalue weighted by molar-refractivity contribution is -0.138. The third-order valence-corrected chi connectivity index (χ3v) is 24.3. The van der Waals surface area contributed by atoms with Crippen molar-refractivity contribution in [2.24, 2.45) is 0 Å². The zero-order valence-electron chi connectivity index (χ0n) is 84.2. The minimum Gasteiger partial charge on any atom is -0.492 e. The number of rotatable bonds is 37. The van der Waals surface area contributed by atoms with Crippen LogP contribution in [0.1, 0.15) is 85.0 Å². The van der Waals surface area contributed by atoms with Gasteiger partial charge in [-0.05, 0) is 164 Å². The van der Waals surface area contributed by atoms with Crippen LogP contribution in [-0.4, -0.2) is 151 Å². The van der Waals surface area contributed by atoms with Gasteiger partial charge in [0.05, 0.1) is 105 Å². The predicted molar refractivity (Wildman–Crippen MR) is 597 cm³/mol. The van der Waals surface area contributed by atoms with Gasteiger partial charge in [0.2, 0.25) is 11.8 Å². The molecular formula is C115H119BrClF2N16O13P. The van der Waals surface area contributed by atoms with Gasteiger partial charge >= 0.3 is 23.9 Å². The molecule has 29 nitrogen and oxygen atoms in total. The van der Waals surface area contributed by atoms with Crippen molar-refractivity contribution in [1.82, 2.24) is 59.5 Å². The van der Waals surface area contributed by atoms with Crippen molar-refractivity contribution in [2.45, 2.75) is 59.8 Å². The summed E-state index contributed by atoms with van der Waals surface area (Å²) in [6.07, 6.45) is 46.1. The number of nitrogens with one attached hydrogen (secondary N) is 4. The van der Waals surface area contributed by atoms with E-state index in [0.29, 0.717) is 69.6 Å². The molecule has 10 aromatic carbocycles. The summed E-state index contributed by atoms with van der Waals surface area (Å²) in [5, 5.41) is 47.4. The van der Waals surface area contributed by atoms with Gasteiger partial charge in [0.15, 0.2) is 6.29 Å². The molecule has 16 rings (SSSR count). The van der Waals surface area contributed by atoms with Crippen LogP contribution in [0.25, 0.3) is 42.5 Å². The number of aromatic amines is 2. The molecule has 9 N–H and O–H groups in total. The summed E-state index contributed by atoms with van der Waals surface area (Å²) in [5.41, 5.74) is 20.8. The number of aliphatic carboxylic acids is 1. The van der Waals surface area contributed by atoms with E-state index in [1.807, 2.05) is 224 Å². The van der Waals surface area contributed by atoms with Gasteiger partial charge in [-0.3, -0.25) is 43.3 Å². The highest BCUT2D eigenvalue weighted by Crippen LogP contribution is 2.44. The Hall–Kier alpha value is -17.7. The molecule has 6 aromatic heterocycles. The first kappa shape index (κ1) is 115. The van der Waals surface area contributed by atoms with Crippen LogP contribution in [0.3, 0.4) is 0 Å². The van der Waals surface area contributed by atoms with E-state index in [1.165, 1.54) is 84.2 Å². The lowest BCUT2D eigenvalue weighted by Gasteiger charge is -2.28. The molecular weight excluding hydrogens is 2000 g/mol. The Morgan fingerprint density at radius 3 is 1.16 bits per heavy atom. The summed E-state index contributed by atoms with van der Waals surface area (Å²) in [6, 6.07) is 88.2. The number of hydrogen-bond acceptors (Lipinski definition) is 20. The van der Waals surface area contributed by atoms with Crippen molar-refractivity contribution in [3.8, 4) is 11.5 Å². The normalized spacial score (nSPS) is 10.8. The van der Waals surface area contributed by atoms with Crippen molar-refractivity contribution in [3.05, 3.63) is 458 Å². The Labute approximate surface area is 881 Å². The number of hydrogen-bond donors (Lipinski definition) is 7. The van der Waals surface area contributed by atoms with Gasteiger partial charge in [0, 0.05) is 116 Å². The maximum atomic E-state index is 13.0. The monoisotopic (exact) mass is 2120 g/mol. The summed E-state index contributed by atoms with van der Waals surface area (Å²) in [6.45, 7) is 8.00. The minimum atomic E-state index is -2.24. The number of halogens is 4. The summed E-state index contributed by atoms with van der Waals surface area (Å²) < 4.78 is 69.1. The molecule has 0 fully saturated rings. The van der Waals surface area contributed by atoms with Crippen molar-refractivity contribution < 1.29 is 74.1 Å². The first-order valence-electron chi connectivity index (χ1n) is 47.9. The Morgan fingerprint density at radius 1 is 0.423 bits per heavy atom. The molecule has 770 valence electrons. The molecule has 0 radical (unpaired) electrons. The van der Waals surface area contributed by atoms with Crippen LogP contribution in [-0.2, 0) is 75.6 Å². The molecule has 0 aliphatic rings. The second-order valence-corrected chi connectivity index (χ2v) is 34.9. The third kappa shape index (κ3) is 45.4. The van der Waals surface area contributed by atoms with Gasteiger partial charge in [-0.25, -0.2) is 28.0 Å². The fraction of sp³-hybridized carbons (Fsp3) is 0.130. The average Bonchev–Trinajstić information content (AvgIpc) is 0.893. The number of carbonyl (C=O) groups excluding carboxylic acids is 6. The molecule has 0 aliphatic heterocycles. The highest BCUT2D eigenvalue weighted by atomic mass is 79.9. The van der Waals surface area contributed by atoms with E-state index in [0.717, 1.165) is 104 Å². The number of nitrogens with zero attached hydrogens (tertiary/aromatic N) is 10. The van der Waals surface area contributed by atoms with Crippen molar-refractivity contribution in [2.75, 3.05) is 60.5 Å². The van der Waals surface area contributed by atoms with E-state index >= 15 is 0 Å². The van der Waals surface area contributed by atoms with E-state index < -0.39 is 24.5 Å².